The highest BCUT2D eigenvalue weighted by molar-refractivity contribution is 5.77. The second kappa shape index (κ2) is 6.18. The molecular weight excluding hydrogens is 278 g/mol. The van der Waals surface area contributed by atoms with E-state index in [1.807, 2.05) is 18.2 Å². The second-order valence-electron chi connectivity index (χ2n) is 5.47. The van der Waals surface area contributed by atoms with E-state index in [1.165, 1.54) is 12.1 Å². The third kappa shape index (κ3) is 2.96. The maximum absolute atomic E-state index is 11.4. The molecular formula is C18H19NO3. The number of aromatic nitrogens is 1. The average molecular weight is 297 g/mol. The molecule has 0 spiro atoms. The maximum Gasteiger partial charge on any atom is 0.182 e. The van der Waals surface area contributed by atoms with Crippen LogP contribution < -0.4 is 10.2 Å². The van der Waals surface area contributed by atoms with Gasteiger partial charge in [0.15, 0.2) is 16.8 Å². The molecule has 1 aromatic carbocycles. The van der Waals surface area contributed by atoms with Crippen LogP contribution in [0.4, 0.5) is 0 Å². The van der Waals surface area contributed by atoms with E-state index in [0.29, 0.717) is 29.6 Å². The summed E-state index contributed by atoms with van der Waals surface area (Å²) < 4.78 is 11.6. The summed E-state index contributed by atoms with van der Waals surface area (Å²) in [5.41, 5.74) is 1.97. The first kappa shape index (κ1) is 14.6. The van der Waals surface area contributed by atoms with Crippen LogP contribution in [0.2, 0.25) is 0 Å². The molecule has 0 unspecified atom stereocenters. The van der Waals surface area contributed by atoms with Gasteiger partial charge in [-0.2, -0.15) is 0 Å². The summed E-state index contributed by atoms with van der Waals surface area (Å²) in [5.74, 6) is 1.82. The van der Waals surface area contributed by atoms with Gasteiger partial charge < -0.3 is 9.15 Å². The van der Waals surface area contributed by atoms with Gasteiger partial charge in [0.25, 0.3) is 0 Å². The van der Waals surface area contributed by atoms with Crippen LogP contribution >= 0.6 is 0 Å². The Hall–Kier alpha value is -2.36. The van der Waals surface area contributed by atoms with Crippen molar-refractivity contribution >= 4 is 11.1 Å². The van der Waals surface area contributed by atoms with E-state index in [2.05, 4.69) is 18.8 Å². The quantitative estimate of drug-likeness (QED) is 0.665. The number of hydrogen-bond acceptors (Lipinski definition) is 4. The Morgan fingerprint density at radius 3 is 2.73 bits per heavy atom. The second-order valence-corrected chi connectivity index (χ2v) is 5.47. The van der Waals surface area contributed by atoms with E-state index in [4.69, 9.17) is 9.15 Å². The lowest BCUT2D eigenvalue weighted by Gasteiger charge is -2.14. The molecule has 4 nitrogen and oxygen atoms in total. The van der Waals surface area contributed by atoms with E-state index in [1.54, 1.807) is 6.07 Å². The Bertz CT molecular complexity index is 805. The Kier molecular flexibility index (Phi) is 4.09. The number of nitrogens with zero attached hydrogens (tertiary/aromatic N) is 1. The van der Waals surface area contributed by atoms with Crippen molar-refractivity contribution in [3.8, 4) is 17.2 Å². The molecule has 22 heavy (non-hydrogen) atoms. The molecule has 0 saturated carbocycles. The Balaban J connectivity index is 1.93. The van der Waals surface area contributed by atoms with Gasteiger partial charge in [0.2, 0.25) is 0 Å². The van der Waals surface area contributed by atoms with Crippen molar-refractivity contribution in [3.63, 3.8) is 0 Å². The summed E-state index contributed by atoms with van der Waals surface area (Å²) in [5, 5.41) is 0. The third-order valence-electron chi connectivity index (χ3n) is 3.96. The van der Waals surface area contributed by atoms with Crippen molar-refractivity contribution < 1.29 is 9.15 Å². The standard InChI is InChI=1S/C18H19NO3/c1-3-12(4-2)11-21-14-6-8-16-18(10-14)22-17-9-13(20)5-7-15(17)19-16/h5-10,12H,3-4,11H2,1-2H3. The highest BCUT2D eigenvalue weighted by Crippen LogP contribution is 2.26. The molecule has 1 aliphatic heterocycles. The zero-order chi connectivity index (χ0) is 15.5. The summed E-state index contributed by atoms with van der Waals surface area (Å²) in [4.78, 5) is 15.9. The fourth-order valence-corrected chi connectivity index (χ4v) is 2.41. The van der Waals surface area contributed by atoms with E-state index in [9.17, 15) is 4.79 Å². The first-order chi connectivity index (χ1) is 10.7. The number of fused-ring (bicyclic) bond motifs is 2. The Morgan fingerprint density at radius 1 is 1.14 bits per heavy atom. The number of rotatable bonds is 5. The van der Waals surface area contributed by atoms with Crippen LogP contribution in [0, 0.1) is 5.92 Å². The highest BCUT2D eigenvalue weighted by atomic mass is 16.5. The Morgan fingerprint density at radius 2 is 1.95 bits per heavy atom. The molecule has 0 saturated heterocycles. The molecule has 0 fully saturated rings. The van der Waals surface area contributed by atoms with Crippen molar-refractivity contribution in [2.45, 2.75) is 26.7 Å². The summed E-state index contributed by atoms with van der Waals surface area (Å²) in [6.45, 7) is 5.04. The topological polar surface area (TPSA) is 52.3 Å². The molecule has 0 N–H and O–H groups in total. The van der Waals surface area contributed by atoms with Crippen molar-refractivity contribution in [1.29, 1.82) is 0 Å². The Labute approximate surface area is 129 Å². The normalized spacial score (nSPS) is 11.4. The van der Waals surface area contributed by atoms with Crippen LogP contribution in [-0.2, 0) is 0 Å². The SMILES string of the molecule is CCC(CC)COc1ccc2nc3ccc(=O)cc-3oc2c1. The molecule has 1 heterocycles. The summed E-state index contributed by atoms with van der Waals surface area (Å²) in [6.07, 6.45) is 2.21. The molecule has 0 aromatic heterocycles. The predicted octanol–water partition coefficient (Wildman–Crippen LogP) is 4.11. The van der Waals surface area contributed by atoms with Gasteiger partial charge in [0.1, 0.15) is 17.0 Å². The maximum atomic E-state index is 11.4. The van der Waals surface area contributed by atoms with Gasteiger partial charge >= 0.3 is 0 Å². The van der Waals surface area contributed by atoms with Crippen molar-refractivity contribution in [3.05, 3.63) is 46.6 Å². The fourth-order valence-electron chi connectivity index (χ4n) is 2.41. The zero-order valence-electron chi connectivity index (χ0n) is 12.8. The van der Waals surface area contributed by atoms with Crippen LogP contribution in [0.5, 0.6) is 5.75 Å². The van der Waals surface area contributed by atoms with E-state index in [-0.39, 0.29) is 5.43 Å². The number of hydrogen-bond donors (Lipinski definition) is 0. The summed E-state index contributed by atoms with van der Waals surface area (Å²) >= 11 is 0. The van der Waals surface area contributed by atoms with E-state index >= 15 is 0 Å². The first-order valence-electron chi connectivity index (χ1n) is 7.67. The van der Waals surface area contributed by atoms with Crippen LogP contribution in [0.1, 0.15) is 26.7 Å². The lowest BCUT2D eigenvalue weighted by atomic mass is 10.1. The van der Waals surface area contributed by atoms with Gasteiger partial charge in [-0.3, -0.25) is 4.79 Å². The molecule has 4 heteroatoms. The molecule has 1 aromatic rings. The smallest absolute Gasteiger partial charge is 0.182 e. The monoisotopic (exact) mass is 297 g/mol. The van der Waals surface area contributed by atoms with Gasteiger partial charge in [-0.15, -0.1) is 0 Å². The van der Waals surface area contributed by atoms with Gasteiger partial charge in [-0.1, -0.05) is 26.7 Å². The largest absolute Gasteiger partial charge is 0.493 e. The lowest BCUT2D eigenvalue weighted by Crippen LogP contribution is -2.10. The zero-order valence-corrected chi connectivity index (χ0v) is 12.8. The van der Waals surface area contributed by atoms with Gasteiger partial charge in [0, 0.05) is 12.1 Å². The van der Waals surface area contributed by atoms with Crippen molar-refractivity contribution in [2.75, 3.05) is 6.61 Å². The van der Waals surface area contributed by atoms with Crippen LogP contribution in [0.3, 0.4) is 0 Å². The lowest BCUT2D eigenvalue weighted by molar-refractivity contribution is 0.240. The minimum atomic E-state index is -0.0847. The average Bonchev–Trinajstić information content (AvgIpc) is 2.53. The number of ether oxygens (including phenoxy) is 1. The van der Waals surface area contributed by atoms with Crippen LogP contribution in [-0.4, -0.2) is 11.6 Å². The molecule has 1 aliphatic carbocycles. The third-order valence-corrected chi connectivity index (χ3v) is 3.96. The summed E-state index contributed by atoms with van der Waals surface area (Å²) in [6, 6.07) is 10.2. The van der Waals surface area contributed by atoms with Crippen molar-refractivity contribution in [1.82, 2.24) is 4.98 Å². The van der Waals surface area contributed by atoms with Crippen molar-refractivity contribution in [2.24, 2.45) is 5.92 Å². The first-order valence-corrected chi connectivity index (χ1v) is 7.67. The van der Waals surface area contributed by atoms with Gasteiger partial charge in [0.05, 0.1) is 6.61 Å². The predicted molar refractivity (Wildman–Crippen MR) is 86.5 cm³/mol. The molecule has 114 valence electrons. The minimum absolute atomic E-state index is 0.0847. The molecule has 0 amide bonds. The van der Waals surface area contributed by atoms with E-state index in [0.717, 1.165) is 24.1 Å². The number of benzene rings is 2. The molecule has 2 aliphatic rings. The molecule has 0 atom stereocenters. The highest BCUT2D eigenvalue weighted by Gasteiger charge is 2.10. The summed E-state index contributed by atoms with van der Waals surface area (Å²) in [7, 11) is 0. The molecule has 3 rings (SSSR count). The minimum Gasteiger partial charge on any atom is -0.493 e. The fraction of sp³-hybridized carbons (Fsp3) is 0.333. The molecule has 0 radical (unpaired) electrons. The van der Waals surface area contributed by atoms with Crippen LogP contribution in [0.25, 0.3) is 22.6 Å². The van der Waals surface area contributed by atoms with Gasteiger partial charge in [-0.05, 0) is 30.2 Å². The van der Waals surface area contributed by atoms with Gasteiger partial charge in [-0.25, -0.2) is 4.98 Å². The van der Waals surface area contributed by atoms with E-state index < -0.39 is 0 Å². The van der Waals surface area contributed by atoms with Crippen LogP contribution in [0.15, 0.2) is 45.6 Å². The molecule has 0 bridgehead atoms.